The molecule has 1 aromatic heterocycles. The van der Waals surface area contributed by atoms with Crippen LogP contribution in [0.15, 0.2) is 0 Å². The SMILES string of the molecule is Nc1c(C2CCNCC2)c(C(=O)O)nn1C(F)(F)F. The van der Waals surface area contributed by atoms with Crippen LogP contribution < -0.4 is 11.1 Å². The van der Waals surface area contributed by atoms with Gasteiger partial charge in [0, 0.05) is 5.56 Å². The van der Waals surface area contributed by atoms with Crippen molar-refractivity contribution in [3.05, 3.63) is 11.3 Å². The Balaban J connectivity index is 2.51. The first kappa shape index (κ1) is 13.7. The van der Waals surface area contributed by atoms with Crippen LogP contribution in [0.4, 0.5) is 19.0 Å². The molecule has 1 aromatic rings. The predicted octanol–water partition coefficient (Wildman–Crippen LogP) is 1.11. The smallest absolute Gasteiger partial charge is 0.476 e. The van der Waals surface area contributed by atoms with Crippen LogP contribution in [-0.2, 0) is 6.30 Å². The quantitative estimate of drug-likeness (QED) is 0.753. The number of halogens is 3. The molecule has 1 aliphatic rings. The Hall–Kier alpha value is -1.77. The van der Waals surface area contributed by atoms with E-state index in [1.807, 2.05) is 0 Å². The van der Waals surface area contributed by atoms with E-state index in [-0.39, 0.29) is 16.2 Å². The summed E-state index contributed by atoms with van der Waals surface area (Å²) >= 11 is 0. The molecule has 1 fully saturated rings. The molecule has 106 valence electrons. The van der Waals surface area contributed by atoms with E-state index in [4.69, 9.17) is 10.8 Å². The van der Waals surface area contributed by atoms with Crippen LogP contribution in [0.25, 0.3) is 0 Å². The van der Waals surface area contributed by atoms with E-state index in [0.29, 0.717) is 25.9 Å². The number of nitrogens with two attached hydrogens (primary N) is 1. The van der Waals surface area contributed by atoms with Crippen molar-refractivity contribution in [1.29, 1.82) is 0 Å². The van der Waals surface area contributed by atoms with Crippen LogP contribution in [-0.4, -0.2) is 33.9 Å². The molecule has 0 amide bonds. The van der Waals surface area contributed by atoms with Crippen molar-refractivity contribution in [1.82, 2.24) is 15.1 Å². The normalized spacial score (nSPS) is 17.6. The first-order valence-electron chi connectivity index (χ1n) is 5.72. The summed E-state index contributed by atoms with van der Waals surface area (Å²) in [5.41, 5.74) is 4.84. The van der Waals surface area contributed by atoms with Gasteiger partial charge in [0.05, 0.1) is 0 Å². The highest BCUT2D eigenvalue weighted by Crippen LogP contribution is 2.36. The third-order valence-electron chi connectivity index (χ3n) is 3.15. The molecule has 1 saturated heterocycles. The van der Waals surface area contributed by atoms with E-state index in [1.165, 1.54) is 0 Å². The standard InChI is InChI=1S/C10H13F3N4O2/c11-10(12,13)17-8(14)6(7(16-17)9(18)19)5-1-3-15-4-2-5/h5,15H,1-4,14H2,(H,18,19). The number of rotatable bonds is 2. The first-order chi connectivity index (χ1) is 8.82. The average molecular weight is 278 g/mol. The summed E-state index contributed by atoms with van der Waals surface area (Å²) < 4.78 is 37.7. The summed E-state index contributed by atoms with van der Waals surface area (Å²) in [4.78, 5) is 11.0. The molecule has 6 nitrogen and oxygen atoms in total. The van der Waals surface area contributed by atoms with E-state index in [2.05, 4.69) is 10.4 Å². The lowest BCUT2D eigenvalue weighted by atomic mass is 9.89. The number of aromatic nitrogens is 2. The molecule has 0 aromatic carbocycles. The number of hydrogen-bond donors (Lipinski definition) is 3. The maximum atomic E-state index is 12.7. The summed E-state index contributed by atoms with van der Waals surface area (Å²) in [6.45, 7) is 1.22. The largest absolute Gasteiger partial charge is 0.506 e. The number of carboxylic acid groups (broad SMARTS) is 1. The van der Waals surface area contributed by atoms with Crippen LogP contribution in [0.3, 0.4) is 0 Å². The summed E-state index contributed by atoms with van der Waals surface area (Å²) in [5, 5.41) is 15.1. The first-order valence-corrected chi connectivity index (χ1v) is 5.72. The molecule has 0 atom stereocenters. The van der Waals surface area contributed by atoms with Gasteiger partial charge >= 0.3 is 12.3 Å². The van der Waals surface area contributed by atoms with Crippen molar-refractivity contribution < 1.29 is 23.1 Å². The second-order valence-corrected chi connectivity index (χ2v) is 4.36. The average Bonchev–Trinajstić information content (AvgIpc) is 2.68. The molecule has 0 radical (unpaired) electrons. The van der Waals surface area contributed by atoms with E-state index in [0.717, 1.165) is 0 Å². The number of carboxylic acids is 1. The number of hydrogen-bond acceptors (Lipinski definition) is 4. The number of alkyl halides is 3. The molecule has 2 rings (SSSR count). The van der Waals surface area contributed by atoms with Gasteiger partial charge in [-0.15, -0.1) is 13.2 Å². The van der Waals surface area contributed by atoms with Gasteiger partial charge in [-0.1, -0.05) is 0 Å². The topological polar surface area (TPSA) is 93.2 Å². The number of carbonyl (C=O) groups is 1. The van der Waals surface area contributed by atoms with Gasteiger partial charge in [-0.25, -0.2) is 4.79 Å². The molecule has 1 aliphatic heterocycles. The number of nitrogens with one attached hydrogen (secondary N) is 1. The van der Waals surface area contributed by atoms with Crippen LogP contribution in [0.2, 0.25) is 0 Å². The second-order valence-electron chi connectivity index (χ2n) is 4.36. The molecular weight excluding hydrogens is 265 g/mol. The molecule has 9 heteroatoms. The lowest BCUT2D eigenvalue weighted by Gasteiger charge is -2.22. The molecule has 4 N–H and O–H groups in total. The fraction of sp³-hybridized carbons (Fsp3) is 0.600. The van der Waals surface area contributed by atoms with Crippen LogP contribution >= 0.6 is 0 Å². The zero-order valence-electron chi connectivity index (χ0n) is 9.87. The number of aromatic carboxylic acids is 1. The number of nitrogen functional groups attached to an aromatic ring is 1. The van der Waals surface area contributed by atoms with E-state index < -0.39 is 23.8 Å². The fourth-order valence-electron chi connectivity index (χ4n) is 2.31. The molecule has 2 heterocycles. The van der Waals surface area contributed by atoms with Crippen molar-refractivity contribution in [2.75, 3.05) is 18.8 Å². The zero-order valence-corrected chi connectivity index (χ0v) is 9.87. The molecule has 0 saturated carbocycles. The van der Waals surface area contributed by atoms with Crippen LogP contribution in [0.1, 0.15) is 34.8 Å². The molecule has 19 heavy (non-hydrogen) atoms. The Morgan fingerprint density at radius 3 is 2.47 bits per heavy atom. The van der Waals surface area contributed by atoms with Crippen molar-refractivity contribution >= 4 is 11.8 Å². The van der Waals surface area contributed by atoms with Crippen molar-refractivity contribution in [3.63, 3.8) is 0 Å². The zero-order chi connectivity index (χ0) is 14.2. The van der Waals surface area contributed by atoms with Gasteiger partial charge in [0.15, 0.2) is 5.69 Å². The van der Waals surface area contributed by atoms with Crippen molar-refractivity contribution in [2.24, 2.45) is 0 Å². The van der Waals surface area contributed by atoms with Crippen LogP contribution in [0, 0.1) is 0 Å². The van der Waals surface area contributed by atoms with E-state index in [1.54, 1.807) is 0 Å². The van der Waals surface area contributed by atoms with Gasteiger partial charge in [0.1, 0.15) is 5.82 Å². The molecule has 0 unspecified atom stereocenters. The van der Waals surface area contributed by atoms with E-state index in [9.17, 15) is 18.0 Å². The summed E-state index contributed by atoms with van der Waals surface area (Å²) in [6.07, 6.45) is -3.75. The fourth-order valence-corrected chi connectivity index (χ4v) is 2.31. The maximum absolute atomic E-state index is 12.7. The van der Waals surface area contributed by atoms with Gasteiger partial charge in [0.25, 0.3) is 0 Å². The van der Waals surface area contributed by atoms with Crippen molar-refractivity contribution in [3.8, 4) is 0 Å². The summed E-state index contributed by atoms with van der Waals surface area (Å²) in [6, 6.07) is 0. The Morgan fingerprint density at radius 2 is 2.00 bits per heavy atom. The van der Waals surface area contributed by atoms with E-state index >= 15 is 0 Å². The molecular formula is C10H13F3N4O2. The Labute approximate surface area is 106 Å². The number of piperidine rings is 1. The molecule has 0 bridgehead atoms. The van der Waals surface area contributed by atoms with Gasteiger partial charge in [0.2, 0.25) is 0 Å². The highest BCUT2D eigenvalue weighted by atomic mass is 19.4. The third-order valence-corrected chi connectivity index (χ3v) is 3.15. The highest BCUT2D eigenvalue weighted by molar-refractivity contribution is 5.89. The lowest BCUT2D eigenvalue weighted by molar-refractivity contribution is -0.210. The maximum Gasteiger partial charge on any atom is 0.506 e. The minimum Gasteiger partial charge on any atom is -0.476 e. The third kappa shape index (κ3) is 2.50. The predicted molar refractivity (Wildman–Crippen MR) is 59.7 cm³/mol. The highest BCUT2D eigenvalue weighted by Gasteiger charge is 2.39. The number of nitrogens with zero attached hydrogens (tertiary/aromatic N) is 2. The van der Waals surface area contributed by atoms with Gasteiger partial charge < -0.3 is 16.2 Å². The van der Waals surface area contributed by atoms with Crippen LogP contribution in [0.5, 0.6) is 0 Å². The summed E-state index contributed by atoms with van der Waals surface area (Å²) in [5.74, 6) is -2.44. The second kappa shape index (κ2) is 4.72. The van der Waals surface area contributed by atoms with Gasteiger partial charge in [-0.05, 0) is 31.8 Å². The minimum atomic E-state index is -4.82. The van der Waals surface area contributed by atoms with Gasteiger partial charge in [-0.3, -0.25) is 0 Å². The number of anilines is 1. The molecule has 0 spiro atoms. The summed E-state index contributed by atoms with van der Waals surface area (Å²) in [7, 11) is 0. The Bertz CT molecular complexity index is 492. The monoisotopic (exact) mass is 278 g/mol. The van der Waals surface area contributed by atoms with Crippen molar-refractivity contribution in [2.45, 2.75) is 25.1 Å². The lowest BCUT2D eigenvalue weighted by Crippen LogP contribution is -2.27. The minimum absolute atomic E-state index is 0.00803. The Morgan fingerprint density at radius 1 is 1.42 bits per heavy atom. The van der Waals surface area contributed by atoms with Gasteiger partial charge in [-0.2, -0.15) is 9.78 Å². The Kier molecular flexibility index (Phi) is 3.40. The molecule has 0 aliphatic carbocycles.